The van der Waals surface area contributed by atoms with Crippen LogP contribution in [-0.2, 0) is 9.47 Å². The van der Waals surface area contributed by atoms with Gasteiger partial charge in [-0.25, -0.2) is 0 Å². The molecule has 22 atom stereocenters. The second-order valence-corrected chi connectivity index (χ2v) is 23.2. The summed E-state index contributed by atoms with van der Waals surface area (Å²) in [6.07, 6.45) is 10.4. The first-order chi connectivity index (χ1) is 29.7. The molecule has 4 heteroatoms. The first kappa shape index (κ1) is 33.2. The van der Waals surface area contributed by atoms with Crippen LogP contribution in [0.15, 0.2) is 72.8 Å². The Morgan fingerprint density at radius 3 is 1.18 bits per heavy atom. The zero-order valence-corrected chi connectivity index (χ0v) is 35.1. The molecule has 1 heterocycles. The van der Waals surface area contributed by atoms with Gasteiger partial charge in [-0.2, -0.15) is 0 Å². The normalized spacial score (nSPS) is 50.6. The maximum Gasteiger partial charge on any atom is 0.174 e. The Hall–Kier alpha value is -3.34. The third-order valence-electron chi connectivity index (χ3n) is 23.0. The minimum atomic E-state index is -0.174. The van der Waals surface area contributed by atoms with Crippen LogP contribution in [0.3, 0.4) is 0 Å². The van der Waals surface area contributed by atoms with Crippen molar-refractivity contribution in [3.05, 3.63) is 83.9 Å². The molecule has 0 N–H and O–H groups in total. The first-order valence-electron chi connectivity index (χ1n) is 24.8. The van der Waals surface area contributed by atoms with Crippen molar-refractivity contribution in [1.29, 1.82) is 0 Å². The first-order valence-corrected chi connectivity index (χ1v) is 24.8. The highest BCUT2D eigenvalue weighted by atomic mass is 16.7. The van der Waals surface area contributed by atoms with E-state index in [9.17, 15) is 0 Å². The van der Waals surface area contributed by atoms with E-state index >= 15 is 0 Å². The molecule has 17 rings (SSSR count). The number of ether oxygens (including phenoxy) is 4. The van der Waals surface area contributed by atoms with Crippen molar-refractivity contribution < 1.29 is 18.9 Å². The zero-order valence-electron chi connectivity index (χ0n) is 35.1. The molecule has 12 fully saturated rings. The van der Waals surface area contributed by atoms with Crippen LogP contribution in [0, 0.1) is 118 Å². The van der Waals surface area contributed by atoms with E-state index in [1.807, 2.05) is 14.2 Å². The molecule has 4 unspecified atom stereocenters. The maximum absolute atomic E-state index is 6.70. The molecule has 1 saturated heterocycles. The van der Waals surface area contributed by atoms with E-state index in [2.05, 4.69) is 72.8 Å². The van der Waals surface area contributed by atoms with Crippen molar-refractivity contribution >= 4 is 10.8 Å². The summed E-state index contributed by atoms with van der Waals surface area (Å²) in [7, 11) is 3.73. The Bertz CT molecular complexity index is 2380. The van der Waals surface area contributed by atoms with Gasteiger partial charge in [0.15, 0.2) is 5.79 Å². The minimum Gasteiger partial charge on any atom is -0.496 e. The van der Waals surface area contributed by atoms with Gasteiger partial charge in [0.1, 0.15) is 11.5 Å². The van der Waals surface area contributed by atoms with Gasteiger partial charge < -0.3 is 18.9 Å². The molecule has 0 radical (unpaired) electrons. The minimum absolute atomic E-state index is 0.174. The van der Waals surface area contributed by atoms with Crippen LogP contribution < -0.4 is 9.47 Å². The fraction of sp³-hybridized carbons (Fsp3) is 0.607. The van der Waals surface area contributed by atoms with Crippen LogP contribution in [0.4, 0.5) is 0 Å². The molecule has 4 nitrogen and oxygen atoms in total. The van der Waals surface area contributed by atoms with Gasteiger partial charge in [0.25, 0.3) is 0 Å². The molecule has 4 aromatic carbocycles. The highest BCUT2D eigenvalue weighted by molar-refractivity contribution is 6.14. The number of hydrogen-bond donors (Lipinski definition) is 0. The Morgan fingerprint density at radius 2 is 0.800 bits per heavy atom. The number of benzene rings is 4. The fourth-order valence-corrected chi connectivity index (χ4v) is 23.1. The SMILES string of the molecule is COc1ccc(OC)c2c(-c3ccccc3)c3c(c(-c4ccccc4)c12)[C@H]1C[C@@H]3[C@@H]2[C@H]1[C@@H]1C[C@H]2C2C1[C@H]1C[C@@H]2C2C1[C@@H]1C[C@H]2[C@H]2[C@@H]3C[C@@H]([C@@H]4[C@H]3[C@@H]3CC[C@H]4C34OCCO4)[C@H]21. The lowest BCUT2D eigenvalue weighted by atomic mass is 9.50. The highest BCUT2D eigenvalue weighted by Crippen LogP contribution is 2.87. The molecule has 306 valence electrons. The van der Waals surface area contributed by atoms with E-state index in [1.54, 1.807) is 30.4 Å². The average Bonchev–Trinajstić information content (AvgIpc) is 4.14. The van der Waals surface area contributed by atoms with E-state index in [4.69, 9.17) is 18.9 Å². The molecule has 4 aromatic rings. The lowest BCUT2D eigenvalue weighted by Gasteiger charge is -2.55. The molecular formula is C56H58O4. The molecule has 13 aliphatic rings. The van der Waals surface area contributed by atoms with Crippen molar-refractivity contribution in [2.75, 3.05) is 27.4 Å². The highest BCUT2D eigenvalue weighted by Gasteiger charge is 2.83. The summed E-state index contributed by atoms with van der Waals surface area (Å²) in [5, 5.41) is 2.51. The Morgan fingerprint density at radius 1 is 0.433 bits per heavy atom. The van der Waals surface area contributed by atoms with Crippen LogP contribution in [-0.4, -0.2) is 33.2 Å². The lowest BCUT2D eigenvalue weighted by Crippen LogP contribution is -2.51. The second-order valence-electron chi connectivity index (χ2n) is 23.2. The standard InChI is InChI=1S/C56H58O4/c1-57-38-15-16-39(58-2)55-41(25-11-7-4-8-12-25)53-35-23-34(52(53)40(54(38)55)24-9-5-3-6-10-24)48-30-21-31(49(35)48)45-27-19-26(44(30)45)42-28-20-29(43(27)42)47-33-22-32(46(28)47)50-36-13-14-37(51(33)50)56(36)59-17-18-60-56/h3-12,15-16,26-37,42-51H,13-14,17-23H2,1-2H3/t26-,27+,28-,29+,30+,31-,32+,33-,34-,35+,36+,37-,42?,43?,44?,45?,46+,47-,48-,49+,50-,51+. The van der Waals surface area contributed by atoms with Crippen LogP contribution in [0.1, 0.15) is 67.9 Å². The monoisotopic (exact) mass is 794 g/mol. The number of fused-ring (bicyclic) bond motifs is 39. The predicted molar refractivity (Wildman–Crippen MR) is 230 cm³/mol. The summed E-state index contributed by atoms with van der Waals surface area (Å²) in [5.74, 6) is 22.2. The molecule has 12 aliphatic carbocycles. The van der Waals surface area contributed by atoms with E-state index in [-0.39, 0.29) is 5.79 Å². The number of hydrogen-bond acceptors (Lipinski definition) is 4. The van der Waals surface area contributed by atoms with E-state index in [0.29, 0.717) is 23.7 Å². The van der Waals surface area contributed by atoms with E-state index in [1.165, 1.54) is 58.7 Å². The quantitative estimate of drug-likeness (QED) is 0.193. The van der Waals surface area contributed by atoms with Gasteiger partial charge in [-0.15, -0.1) is 0 Å². The topological polar surface area (TPSA) is 36.9 Å². The van der Waals surface area contributed by atoms with Crippen LogP contribution >= 0.6 is 0 Å². The third kappa shape index (κ3) is 3.38. The smallest absolute Gasteiger partial charge is 0.174 e. The molecule has 12 bridgehead atoms. The summed E-state index contributed by atoms with van der Waals surface area (Å²) in [6, 6.07) is 27.2. The van der Waals surface area contributed by atoms with E-state index in [0.717, 1.165) is 131 Å². The Kier molecular flexibility index (Phi) is 6.03. The zero-order chi connectivity index (χ0) is 38.7. The molecule has 1 spiro atoms. The summed E-state index contributed by atoms with van der Waals surface area (Å²) in [5.41, 5.74) is 8.95. The second kappa shape index (κ2) is 10.9. The van der Waals surface area contributed by atoms with Crippen molar-refractivity contribution in [3.63, 3.8) is 0 Å². The van der Waals surface area contributed by atoms with Crippen molar-refractivity contribution in [2.45, 2.75) is 62.6 Å². The third-order valence-corrected chi connectivity index (χ3v) is 23.0. The van der Waals surface area contributed by atoms with Crippen LogP contribution in [0.5, 0.6) is 11.5 Å². The molecule has 60 heavy (non-hydrogen) atoms. The average molecular weight is 795 g/mol. The van der Waals surface area contributed by atoms with Crippen LogP contribution in [0.25, 0.3) is 33.0 Å². The summed E-state index contributed by atoms with van der Waals surface area (Å²) in [4.78, 5) is 0. The molecule has 0 amide bonds. The maximum atomic E-state index is 6.70. The number of rotatable bonds is 4. The van der Waals surface area contributed by atoms with Gasteiger partial charge in [-0.05, 0) is 209 Å². The Balaban J connectivity index is 0.792. The summed E-state index contributed by atoms with van der Waals surface area (Å²) in [6.45, 7) is 1.68. The number of methoxy groups -OCH3 is 2. The molecule has 1 aliphatic heterocycles. The predicted octanol–water partition coefficient (Wildman–Crippen LogP) is 11.3. The fourth-order valence-electron chi connectivity index (χ4n) is 23.1. The van der Waals surface area contributed by atoms with Gasteiger partial charge in [0.05, 0.1) is 27.4 Å². The summed E-state index contributed by atoms with van der Waals surface area (Å²) < 4.78 is 26.1. The van der Waals surface area contributed by atoms with Crippen molar-refractivity contribution in [2.24, 2.45) is 118 Å². The molecule has 11 saturated carbocycles. The van der Waals surface area contributed by atoms with Gasteiger partial charge >= 0.3 is 0 Å². The summed E-state index contributed by atoms with van der Waals surface area (Å²) >= 11 is 0. The van der Waals surface area contributed by atoms with Gasteiger partial charge in [0.2, 0.25) is 0 Å². The van der Waals surface area contributed by atoms with Crippen LogP contribution in [0.2, 0.25) is 0 Å². The van der Waals surface area contributed by atoms with Gasteiger partial charge in [0, 0.05) is 22.6 Å². The molecule has 0 aromatic heterocycles. The Labute approximate surface area is 354 Å². The van der Waals surface area contributed by atoms with Crippen molar-refractivity contribution in [3.8, 4) is 33.8 Å². The van der Waals surface area contributed by atoms with Gasteiger partial charge in [-0.3, -0.25) is 0 Å². The lowest BCUT2D eigenvalue weighted by molar-refractivity contribution is -0.197. The molecular weight excluding hydrogens is 737 g/mol. The van der Waals surface area contributed by atoms with E-state index < -0.39 is 0 Å². The van der Waals surface area contributed by atoms with Gasteiger partial charge in [-0.1, -0.05) is 60.7 Å². The van der Waals surface area contributed by atoms with Crippen molar-refractivity contribution in [1.82, 2.24) is 0 Å². The largest absolute Gasteiger partial charge is 0.496 e.